The molecule has 0 spiro atoms. The average Bonchev–Trinajstić information content (AvgIpc) is 2.96. The molecule has 0 rings (SSSR count). The van der Waals surface area contributed by atoms with Gasteiger partial charge in [0.05, 0.1) is 71.6 Å². The Morgan fingerprint density at radius 2 is 1.43 bits per heavy atom. The van der Waals surface area contributed by atoms with Crippen molar-refractivity contribution < 1.29 is 33.3 Å². The lowest BCUT2D eigenvalue weighted by Crippen LogP contribution is -2.49. The van der Waals surface area contributed by atoms with Gasteiger partial charge in [-0.2, -0.15) is 0 Å². The van der Waals surface area contributed by atoms with Crippen LogP contribution in [0.2, 0.25) is 0 Å². The van der Waals surface area contributed by atoms with E-state index in [4.69, 9.17) is 29.4 Å². The zero-order valence-corrected chi connectivity index (χ0v) is 26.8. The molecule has 2 amide bonds. The summed E-state index contributed by atoms with van der Waals surface area (Å²) in [4.78, 5) is 24.7. The first-order valence-electron chi connectivity index (χ1n) is 15.2. The van der Waals surface area contributed by atoms with Gasteiger partial charge in [-0.1, -0.05) is 51.2 Å². The molecule has 0 aliphatic rings. The maximum atomic E-state index is 12.5. The van der Waals surface area contributed by atoms with Gasteiger partial charge in [-0.15, -0.1) is 0 Å². The fourth-order valence-electron chi connectivity index (χ4n) is 3.53. The summed E-state index contributed by atoms with van der Waals surface area (Å²) >= 11 is 0. The maximum absolute atomic E-state index is 12.5. The Morgan fingerprint density at radius 1 is 0.857 bits per heavy atom. The van der Waals surface area contributed by atoms with Crippen LogP contribution in [0, 0.1) is 0 Å². The number of ether oxygens (including phenoxy) is 5. The number of rotatable bonds is 27. The van der Waals surface area contributed by atoms with Gasteiger partial charge in [-0.25, -0.2) is 0 Å². The highest BCUT2D eigenvalue weighted by molar-refractivity contribution is 5.96. The number of hydrogen-bond acceptors (Lipinski definition) is 8. The Morgan fingerprint density at radius 3 is 1.95 bits per heavy atom. The second-order valence-corrected chi connectivity index (χ2v) is 10.0. The summed E-state index contributed by atoms with van der Waals surface area (Å²) in [7, 11) is 0. The van der Waals surface area contributed by atoms with Crippen molar-refractivity contribution in [1.82, 2.24) is 10.6 Å². The van der Waals surface area contributed by atoms with Gasteiger partial charge in [0, 0.05) is 30.7 Å². The lowest BCUT2D eigenvalue weighted by atomic mass is 10.00. The standard InChI is InChI=1S/C32H57N3O7/c1-7-11-28(9-3)25-29(12-8-2)31(37)34-15-18-39-20-22-41-24-23-40-21-19-38-17-14-30(36)35-32(6,10-4)26-42-16-13-27(5)33/h8,11-12,25H,5,7,9-10,13-24,26,33H2,1-4,6H3,(H,34,37)(H,35,36)/b12-8-,28-11+,29-25+. The zero-order valence-electron chi connectivity index (χ0n) is 26.8. The molecule has 242 valence electrons. The van der Waals surface area contributed by atoms with Gasteiger partial charge in [0.2, 0.25) is 5.91 Å². The normalized spacial score (nSPS) is 13.7. The molecule has 0 heterocycles. The smallest absolute Gasteiger partial charge is 0.251 e. The molecule has 0 fully saturated rings. The van der Waals surface area contributed by atoms with E-state index < -0.39 is 5.54 Å². The van der Waals surface area contributed by atoms with E-state index in [1.165, 1.54) is 0 Å². The van der Waals surface area contributed by atoms with Gasteiger partial charge in [0.1, 0.15) is 0 Å². The van der Waals surface area contributed by atoms with Crippen molar-refractivity contribution in [1.29, 1.82) is 0 Å². The molecule has 1 atom stereocenters. The highest BCUT2D eigenvalue weighted by atomic mass is 16.6. The molecule has 0 aliphatic carbocycles. The fourth-order valence-corrected chi connectivity index (χ4v) is 3.53. The molecule has 1 unspecified atom stereocenters. The minimum Gasteiger partial charge on any atom is -0.402 e. The van der Waals surface area contributed by atoms with Crippen molar-refractivity contribution in [2.75, 3.05) is 72.6 Å². The maximum Gasteiger partial charge on any atom is 0.251 e. The summed E-state index contributed by atoms with van der Waals surface area (Å²) in [5, 5.41) is 5.92. The average molecular weight is 596 g/mol. The van der Waals surface area contributed by atoms with E-state index in [1.807, 2.05) is 39.0 Å². The first-order chi connectivity index (χ1) is 20.2. The molecule has 0 radical (unpaired) electrons. The Bertz CT molecular complexity index is 842. The lowest BCUT2D eigenvalue weighted by Gasteiger charge is -2.29. The highest BCUT2D eigenvalue weighted by Gasteiger charge is 2.24. The topological polar surface area (TPSA) is 130 Å². The van der Waals surface area contributed by atoms with Crippen molar-refractivity contribution in [2.45, 2.75) is 72.3 Å². The van der Waals surface area contributed by atoms with Crippen LogP contribution < -0.4 is 16.4 Å². The Kier molecular flexibility index (Phi) is 24.6. The molecule has 0 aromatic heterocycles. The molecular formula is C32H57N3O7. The summed E-state index contributed by atoms with van der Waals surface area (Å²) in [5.41, 5.74) is 7.48. The first-order valence-corrected chi connectivity index (χ1v) is 15.2. The number of nitrogens with one attached hydrogen (secondary N) is 2. The molecule has 0 aliphatic heterocycles. The number of amides is 2. The quantitative estimate of drug-likeness (QED) is 0.0739. The number of allylic oxidation sites excluding steroid dienone is 4. The van der Waals surface area contributed by atoms with Crippen molar-refractivity contribution in [2.24, 2.45) is 5.73 Å². The van der Waals surface area contributed by atoms with E-state index >= 15 is 0 Å². The van der Waals surface area contributed by atoms with Crippen LogP contribution in [-0.2, 0) is 33.3 Å². The van der Waals surface area contributed by atoms with Crippen LogP contribution in [0.15, 0.2) is 47.7 Å². The molecule has 0 saturated carbocycles. The number of hydrogen-bond donors (Lipinski definition) is 3. The molecule has 10 nitrogen and oxygen atoms in total. The SMILES string of the molecule is C=C(N)CCOCC(C)(CC)NC(=O)CCOCCOCCOCCOCCNC(=O)C(/C=C\C)=C/C(=C/CC)CC. The lowest BCUT2D eigenvalue weighted by molar-refractivity contribution is -0.125. The Hall–Kier alpha value is -2.50. The van der Waals surface area contributed by atoms with Gasteiger partial charge in [0.25, 0.3) is 5.91 Å². The zero-order chi connectivity index (χ0) is 31.5. The molecular weight excluding hydrogens is 538 g/mol. The number of carbonyl (C=O) groups is 2. The van der Waals surface area contributed by atoms with Gasteiger partial charge in [-0.05, 0) is 39.2 Å². The van der Waals surface area contributed by atoms with Crippen molar-refractivity contribution >= 4 is 11.8 Å². The summed E-state index contributed by atoms with van der Waals surface area (Å²) in [5.74, 6) is -0.190. The summed E-state index contributed by atoms with van der Waals surface area (Å²) < 4.78 is 27.6. The Labute approximate surface area is 254 Å². The van der Waals surface area contributed by atoms with Gasteiger partial charge in [-0.3, -0.25) is 9.59 Å². The van der Waals surface area contributed by atoms with Gasteiger partial charge >= 0.3 is 0 Å². The minimum atomic E-state index is -0.435. The van der Waals surface area contributed by atoms with Gasteiger partial charge < -0.3 is 40.1 Å². The third-order valence-corrected chi connectivity index (χ3v) is 6.15. The summed E-state index contributed by atoms with van der Waals surface area (Å²) in [6, 6.07) is 0. The summed E-state index contributed by atoms with van der Waals surface area (Å²) in [6.45, 7) is 18.3. The molecule has 10 heteroatoms. The Balaban J connectivity index is 3.78. The molecule has 42 heavy (non-hydrogen) atoms. The van der Waals surface area contributed by atoms with E-state index in [2.05, 4.69) is 37.1 Å². The second-order valence-electron chi connectivity index (χ2n) is 10.0. The van der Waals surface area contributed by atoms with Gasteiger partial charge in [0.15, 0.2) is 0 Å². The van der Waals surface area contributed by atoms with Crippen LogP contribution in [0.5, 0.6) is 0 Å². The van der Waals surface area contributed by atoms with E-state index in [0.717, 1.165) is 24.8 Å². The van der Waals surface area contributed by atoms with Crippen LogP contribution in [0.25, 0.3) is 0 Å². The molecule has 0 aromatic carbocycles. The molecule has 0 saturated heterocycles. The third-order valence-electron chi connectivity index (χ3n) is 6.15. The van der Waals surface area contributed by atoms with E-state index in [-0.39, 0.29) is 18.2 Å². The van der Waals surface area contributed by atoms with Crippen LogP contribution in [-0.4, -0.2) is 90.0 Å². The highest BCUT2D eigenvalue weighted by Crippen LogP contribution is 2.11. The predicted molar refractivity (Wildman–Crippen MR) is 168 cm³/mol. The molecule has 0 aromatic rings. The monoisotopic (exact) mass is 595 g/mol. The predicted octanol–water partition coefficient (Wildman–Crippen LogP) is 3.97. The number of carbonyl (C=O) groups excluding carboxylic acids is 2. The van der Waals surface area contributed by atoms with E-state index in [0.29, 0.717) is 90.3 Å². The largest absolute Gasteiger partial charge is 0.402 e. The van der Waals surface area contributed by atoms with Crippen LogP contribution >= 0.6 is 0 Å². The van der Waals surface area contributed by atoms with Crippen LogP contribution in [0.1, 0.15) is 66.7 Å². The van der Waals surface area contributed by atoms with Crippen LogP contribution in [0.3, 0.4) is 0 Å². The van der Waals surface area contributed by atoms with E-state index in [1.54, 1.807) is 0 Å². The van der Waals surface area contributed by atoms with Crippen molar-refractivity contribution in [3.8, 4) is 0 Å². The summed E-state index contributed by atoms with van der Waals surface area (Å²) in [6.07, 6.45) is 11.2. The minimum absolute atomic E-state index is 0.0780. The fraction of sp³-hybridized carbons (Fsp3) is 0.688. The van der Waals surface area contributed by atoms with Crippen LogP contribution in [0.4, 0.5) is 0 Å². The third kappa shape index (κ3) is 22.1. The molecule has 0 bridgehead atoms. The first kappa shape index (κ1) is 39.5. The second kappa shape index (κ2) is 26.2. The van der Waals surface area contributed by atoms with E-state index in [9.17, 15) is 9.59 Å². The van der Waals surface area contributed by atoms with Crippen molar-refractivity contribution in [3.63, 3.8) is 0 Å². The molecule has 4 N–H and O–H groups in total. The van der Waals surface area contributed by atoms with Crippen molar-refractivity contribution in [3.05, 3.63) is 47.7 Å². The number of nitrogens with two attached hydrogens (primary N) is 1.